The van der Waals surface area contributed by atoms with Gasteiger partial charge in [0.1, 0.15) is 0 Å². The lowest BCUT2D eigenvalue weighted by molar-refractivity contribution is -0.117. The van der Waals surface area contributed by atoms with Gasteiger partial charge in [-0.05, 0) is 24.0 Å². The first-order valence-electron chi connectivity index (χ1n) is 6.62. The third-order valence-electron chi connectivity index (χ3n) is 2.86. The molecule has 1 aromatic rings. The summed E-state index contributed by atoms with van der Waals surface area (Å²) in [4.78, 5) is 13.1. The summed E-state index contributed by atoms with van der Waals surface area (Å²) in [5, 5.41) is 6.22. The Balaban J connectivity index is 1.85. The molecule has 104 valence electrons. The molecule has 1 aromatic carbocycles. The van der Waals surface area contributed by atoms with Crippen LogP contribution in [0, 0.1) is 0 Å². The number of hydrogen-bond donors (Lipinski definition) is 2. The highest BCUT2D eigenvalue weighted by Crippen LogP contribution is 2.21. The van der Waals surface area contributed by atoms with Crippen LogP contribution < -0.4 is 10.6 Å². The molecule has 0 spiro atoms. The number of benzene rings is 1. The average Bonchev–Trinajstić information content (AvgIpc) is 2.40. The van der Waals surface area contributed by atoms with Crippen LogP contribution in [0.2, 0.25) is 0 Å². The van der Waals surface area contributed by atoms with Gasteiger partial charge in [0.25, 0.3) is 0 Å². The van der Waals surface area contributed by atoms with Gasteiger partial charge in [-0.25, -0.2) is 0 Å². The fraction of sp³-hybridized carbons (Fsp3) is 0.500. The molecule has 1 heterocycles. The Labute approximate surface area is 118 Å². The van der Waals surface area contributed by atoms with Crippen LogP contribution in [-0.2, 0) is 9.53 Å². The van der Waals surface area contributed by atoms with Crippen LogP contribution in [0.5, 0.6) is 0 Å². The normalized spacial score (nSPS) is 19.1. The predicted octanol–water partition coefficient (Wildman–Crippen LogP) is 2.12. The standard InChI is InChI=1S/C14H20N2O2S/c1-2-19-13-5-3-4-11(8-13)16-14(17)9-12-10-18-7-6-15-12/h3-5,8,12,15H,2,6-7,9-10H2,1H3,(H,16,17). The van der Waals surface area contributed by atoms with Crippen molar-refractivity contribution in [2.75, 3.05) is 30.8 Å². The third-order valence-corrected chi connectivity index (χ3v) is 3.73. The molecular weight excluding hydrogens is 260 g/mol. The van der Waals surface area contributed by atoms with E-state index in [-0.39, 0.29) is 11.9 Å². The molecule has 2 rings (SSSR count). The van der Waals surface area contributed by atoms with Crippen molar-refractivity contribution in [1.29, 1.82) is 0 Å². The summed E-state index contributed by atoms with van der Waals surface area (Å²) in [5.74, 6) is 1.06. The SMILES string of the molecule is CCSc1cccc(NC(=O)CC2COCCN2)c1. The highest BCUT2D eigenvalue weighted by molar-refractivity contribution is 7.99. The van der Waals surface area contributed by atoms with Gasteiger partial charge in [-0.2, -0.15) is 0 Å². The quantitative estimate of drug-likeness (QED) is 0.811. The smallest absolute Gasteiger partial charge is 0.226 e. The Hall–Kier alpha value is -1.04. The summed E-state index contributed by atoms with van der Waals surface area (Å²) < 4.78 is 5.34. The van der Waals surface area contributed by atoms with E-state index >= 15 is 0 Å². The molecule has 0 aliphatic carbocycles. The summed E-state index contributed by atoms with van der Waals surface area (Å²) >= 11 is 1.77. The summed E-state index contributed by atoms with van der Waals surface area (Å²) in [7, 11) is 0. The second-order valence-electron chi connectivity index (χ2n) is 4.44. The van der Waals surface area contributed by atoms with Crippen LogP contribution in [0.4, 0.5) is 5.69 Å². The lowest BCUT2D eigenvalue weighted by Crippen LogP contribution is -2.43. The molecule has 0 aromatic heterocycles. The molecular formula is C14H20N2O2S. The van der Waals surface area contributed by atoms with E-state index in [1.807, 2.05) is 18.2 Å². The number of morpholine rings is 1. The molecule has 1 amide bonds. The number of rotatable bonds is 5. The van der Waals surface area contributed by atoms with Gasteiger partial charge in [-0.15, -0.1) is 11.8 Å². The maximum absolute atomic E-state index is 11.9. The second kappa shape index (κ2) is 7.53. The predicted molar refractivity (Wildman–Crippen MR) is 78.7 cm³/mol. The average molecular weight is 280 g/mol. The number of carbonyl (C=O) groups excluding carboxylic acids is 1. The molecule has 0 radical (unpaired) electrons. The molecule has 1 fully saturated rings. The van der Waals surface area contributed by atoms with Crippen molar-refractivity contribution in [3.05, 3.63) is 24.3 Å². The molecule has 0 bridgehead atoms. The number of thioether (sulfide) groups is 1. The van der Waals surface area contributed by atoms with Crippen molar-refractivity contribution in [3.63, 3.8) is 0 Å². The lowest BCUT2D eigenvalue weighted by atomic mass is 10.2. The van der Waals surface area contributed by atoms with E-state index < -0.39 is 0 Å². The van der Waals surface area contributed by atoms with Gasteiger partial charge in [0.2, 0.25) is 5.91 Å². The number of anilines is 1. The molecule has 1 atom stereocenters. The fourth-order valence-electron chi connectivity index (χ4n) is 2.02. The van der Waals surface area contributed by atoms with Crippen LogP contribution >= 0.6 is 11.8 Å². The van der Waals surface area contributed by atoms with E-state index in [0.717, 1.165) is 24.6 Å². The first-order chi connectivity index (χ1) is 9.28. The monoisotopic (exact) mass is 280 g/mol. The Morgan fingerprint density at radius 2 is 2.47 bits per heavy atom. The maximum atomic E-state index is 11.9. The minimum atomic E-state index is 0.0293. The zero-order valence-corrected chi connectivity index (χ0v) is 12.0. The van der Waals surface area contributed by atoms with E-state index in [1.54, 1.807) is 11.8 Å². The number of ether oxygens (including phenoxy) is 1. The minimum absolute atomic E-state index is 0.0293. The summed E-state index contributed by atoms with van der Waals surface area (Å²) in [6.45, 7) is 4.28. The van der Waals surface area contributed by atoms with Crippen molar-refractivity contribution >= 4 is 23.4 Å². The topological polar surface area (TPSA) is 50.4 Å². The maximum Gasteiger partial charge on any atom is 0.226 e. The first kappa shape index (κ1) is 14.4. The molecule has 0 saturated carbocycles. The third kappa shape index (κ3) is 4.86. The van der Waals surface area contributed by atoms with Crippen molar-refractivity contribution in [1.82, 2.24) is 5.32 Å². The minimum Gasteiger partial charge on any atom is -0.378 e. The zero-order chi connectivity index (χ0) is 13.5. The molecule has 4 nitrogen and oxygen atoms in total. The Kier molecular flexibility index (Phi) is 5.69. The second-order valence-corrected chi connectivity index (χ2v) is 5.78. The molecule has 1 unspecified atom stereocenters. The summed E-state index contributed by atoms with van der Waals surface area (Å²) in [6, 6.07) is 8.08. The Morgan fingerprint density at radius 1 is 1.58 bits per heavy atom. The highest BCUT2D eigenvalue weighted by Gasteiger charge is 2.16. The van der Waals surface area contributed by atoms with Gasteiger partial charge in [-0.1, -0.05) is 13.0 Å². The van der Waals surface area contributed by atoms with Crippen molar-refractivity contribution in [2.45, 2.75) is 24.3 Å². The van der Waals surface area contributed by atoms with Crippen LogP contribution in [0.25, 0.3) is 0 Å². The van der Waals surface area contributed by atoms with Gasteiger partial charge in [0.15, 0.2) is 0 Å². The van der Waals surface area contributed by atoms with Crippen LogP contribution in [0.3, 0.4) is 0 Å². The van der Waals surface area contributed by atoms with E-state index in [9.17, 15) is 4.79 Å². The molecule has 1 aliphatic heterocycles. The number of nitrogens with one attached hydrogen (secondary N) is 2. The van der Waals surface area contributed by atoms with Crippen LogP contribution in [0.1, 0.15) is 13.3 Å². The van der Waals surface area contributed by atoms with E-state index in [0.29, 0.717) is 13.0 Å². The molecule has 1 aliphatic rings. The zero-order valence-electron chi connectivity index (χ0n) is 11.1. The van der Waals surface area contributed by atoms with E-state index in [2.05, 4.69) is 23.6 Å². The highest BCUT2D eigenvalue weighted by atomic mass is 32.2. The van der Waals surface area contributed by atoms with Crippen molar-refractivity contribution in [2.24, 2.45) is 0 Å². The number of hydrogen-bond acceptors (Lipinski definition) is 4. The Bertz CT molecular complexity index is 420. The van der Waals surface area contributed by atoms with Gasteiger partial charge in [0.05, 0.1) is 13.2 Å². The molecule has 19 heavy (non-hydrogen) atoms. The van der Waals surface area contributed by atoms with Crippen molar-refractivity contribution in [3.8, 4) is 0 Å². The molecule has 1 saturated heterocycles. The number of amides is 1. The van der Waals surface area contributed by atoms with E-state index in [4.69, 9.17) is 4.74 Å². The van der Waals surface area contributed by atoms with Crippen LogP contribution in [-0.4, -0.2) is 37.5 Å². The Morgan fingerprint density at radius 3 is 3.21 bits per heavy atom. The van der Waals surface area contributed by atoms with Gasteiger partial charge in [0, 0.05) is 29.6 Å². The van der Waals surface area contributed by atoms with Gasteiger partial charge >= 0.3 is 0 Å². The largest absolute Gasteiger partial charge is 0.378 e. The summed E-state index contributed by atoms with van der Waals surface area (Å²) in [6.07, 6.45) is 0.450. The molecule has 2 N–H and O–H groups in total. The first-order valence-corrected chi connectivity index (χ1v) is 7.60. The summed E-state index contributed by atoms with van der Waals surface area (Å²) in [5.41, 5.74) is 0.861. The van der Waals surface area contributed by atoms with Gasteiger partial charge < -0.3 is 15.4 Å². The fourth-order valence-corrected chi connectivity index (χ4v) is 2.74. The molecule has 5 heteroatoms. The lowest BCUT2D eigenvalue weighted by Gasteiger charge is -2.23. The van der Waals surface area contributed by atoms with Gasteiger partial charge in [-0.3, -0.25) is 4.79 Å². The number of carbonyl (C=O) groups is 1. The van der Waals surface area contributed by atoms with Crippen molar-refractivity contribution < 1.29 is 9.53 Å². The van der Waals surface area contributed by atoms with Crippen LogP contribution in [0.15, 0.2) is 29.2 Å². The van der Waals surface area contributed by atoms with E-state index in [1.165, 1.54) is 4.90 Å².